The van der Waals surface area contributed by atoms with Crippen LogP contribution in [0.25, 0.3) is 0 Å². The highest BCUT2D eigenvalue weighted by Crippen LogP contribution is 2.47. The van der Waals surface area contributed by atoms with Gasteiger partial charge in [0.05, 0.1) is 5.41 Å². The zero-order valence-corrected chi connectivity index (χ0v) is 14.8. The first kappa shape index (κ1) is 19.0. The molecule has 1 N–H and O–H groups in total. The zero-order chi connectivity index (χ0) is 16.8. The number of carboxylic acids is 1. The summed E-state index contributed by atoms with van der Waals surface area (Å²) >= 11 is 0. The molecule has 0 bridgehead atoms. The molecule has 126 valence electrons. The molecule has 1 aliphatic carbocycles. The summed E-state index contributed by atoms with van der Waals surface area (Å²) in [4.78, 5) is 12.3. The van der Waals surface area contributed by atoms with Crippen LogP contribution in [-0.4, -0.2) is 24.8 Å². The summed E-state index contributed by atoms with van der Waals surface area (Å²) in [5, 5.41) is 10.1. The van der Waals surface area contributed by atoms with Crippen LogP contribution >= 0.6 is 0 Å². The average Bonchev–Trinajstić information content (AvgIpc) is 2.50. The monoisotopic (exact) mass is 308 g/mol. The lowest BCUT2D eigenvalue weighted by atomic mass is 9.63. The van der Waals surface area contributed by atoms with Crippen molar-refractivity contribution in [2.24, 2.45) is 17.3 Å². The lowest BCUT2D eigenvalue weighted by Gasteiger charge is -2.40. The summed E-state index contributed by atoms with van der Waals surface area (Å²) < 4.78 is 5.25. The van der Waals surface area contributed by atoms with Crippen LogP contribution in [0.5, 0.6) is 0 Å². The number of carboxylic acid groups (broad SMARTS) is 1. The van der Waals surface area contributed by atoms with Crippen molar-refractivity contribution in [3.63, 3.8) is 0 Å². The van der Waals surface area contributed by atoms with E-state index < -0.39 is 11.4 Å². The van der Waals surface area contributed by atoms with Crippen molar-refractivity contribution in [2.75, 3.05) is 13.7 Å². The Morgan fingerprint density at radius 2 is 2.05 bits per heavy atom. The van der Waals surface area contributed by atoms with Gasteiger partial charge in [-0.3, -0.25) is 4.79 Å². The fourth-order valence-electron chi connectivity index (χ4n) is 3.47. The lowest BCUT2D eigenvalue weighted by molar-refractivity contribution is -0.149. The Labute approximate surface area is 135 Å². The lowest BCUT2D eigenvalue weighted by Crippen LogP contribution is -2.41. The second-order valence-corrected chi connectivity index (χ2v) is 6.76. The second-order valence-electron chi connectivity index (χ2n) is 6.76. The molecule has 2 unspecified atom stereocenters. The first-order valence-corrected chi connectivity index (χ1v) is 8.55. The highest BCUT2D eigenvalue weighted by atomic mass is 16.5. The van der Waals surface area contributed by atoms with Crippen LogP contribution in [-0.2, 0) is 9.53 Å². The van der Waals surface area contributed by atoms with Crippen LogP contribution < -0.4 is 0 Å². The van der Waals surface area contributed by atoms with E-state index >= 15 is 0 Å². The van der Waals surface area contributed by atoms with Gasteiger partial charge >= 0.3 is 5.97 Å². The van der Waals surface area contributed by atoms with Crippen LogP contribution in [0.2, 0.25) is 0 Å². The van der Waals surface area contributed by atoms with Crippen LogP contribution in [0.15, 0.2) is 23.3 Å². The second kappa shape index (κ2) is 8.52. The highest BCUT2D eigenvalue weighted by Gasteiger charge is 2.46. The number of hydrogen-bond acceptors (Lipinski definition) is 2. The van der Waals surface area contributed by atoms with Crippen molar-refractivity contribution in [1.82, 2.24) is 0 Å². The van der Waals surface area contributed by atoms with Crippen LogP contribution in [0.3, 0.4) is 0 Å². The topological polar surface area (TPSA) is 46.5 Å². The molecule has 0 aromatic rings. The maximum atomic E-state index is 12.3. The molecular formula is C19H32O3. The first-order chi connectivity index (χ1) is 10.4. The van der Waals surface area contributed by atoms with E-state index in [2.05, 4.69) is 33.8 Å². The number of aliphatic carboxylic acids is 1. The maximum absolute atomic E-state index is 12.3. The molecule has 0 saturated carbocycles. The van der Waals surface area contributed by atoms with Gasteiger partial charge in [-0.1, -0.05) is 51.0 Å². The molecule has 1 aliphatic rings. The standard InChI is InChI=1S/C19H32O3/c1-6-15-12-16(7-2)17(9-11-22-5)19(13-15,18(20)21)10-8-14(3)4/h12-14,17H,6-11H2,1-5H3,(H,20,21). The number of allylic oxidation sites excluding steroid dienone is 3. The number of carbonyl (C=O) groups is 1. The summed E-state index contributed by atoms with van der Waals surface area (Å²) in [5.41, 5.74) is 1.66. The first-order valence-electron chi connectivity index (χ1n) is 8.55. The Kier molecular flexibility index (Phi) is 7.34. The molecule has 0 aromatic carbocycles. The Morgan fingerprint density at radius 3 is 2.50 bits per heavy atom. The van der Waals surface area contributed by atoms with Crippen molar-refractivity contribution in [2.45, 2.75) is 59.8 Å². The van der Waals surface area contributed by atoms with Gasteiger partial charge in [0.2, 0.25) is 0 Å². The van der Waals surface area contributed by atoms with Gasteiger partial charge in [0.25, 0.3) is 0 Å². The highest BCUT2D eigenvalue weighted by molar-refractivity contribution is 5.79. The third-order valence-electron chi connectivity index (χ3n) is 4.84. The van der Waals surface area contributed by atoms with E-state index in [0.29, 0.717) is 18.9 Å². The van der Waals surface area contributed by atoms with E-state index in [4.69, 9.17) is 4.74 Å². The molecule has 0 fully saturated rings. The Morgan fingerprint density at radius 1 is 1.36 bits per heavy atom. The molecule has 2 atom stereocenters. The third-order valence-corrected chi connectivity index (χ3v) is 4.84. The van der Waals surface area contributed by atoms with E-state index in [1.165, 1.54) is 5.57 Å². The summed E-state index contributed by atoms with van der Waals surface area (Å²) in [6.07, 6.45) is 8.46. The molecular weight excluding hydrogens is 276 g/mol. The van der Waals surface area contributed by atoms with Crippen molar-refractivity contribution < 1.29 is 14.6 Å². The average molecular weight is 308 g/mol. The smallest absolute Gasteiger partial charge is 0.314 e. The molecule has 0 radical (unpaired) electrons. The van der Waals surface area contributed by atoms with Gasteiger partial charge < -0.3 is 9.84 Å². The number of ether oxygens (including phenoxy) is 1. The fourth-order valence-corrected chi connectivity index (χ4v) is 3.47. The van der Waals surface area contributed by atoms with Crippen molar-refractivity contribution in [3.8, 4) is 0 Å². The van der Waals surface area contributed by atoms with Crippen molar-refractivity contribution in [1.29, 1.82) is 0 Å². The molecule has 0 saturated heterocycles. The molecule has 0 heterocycles. The van der Waals surface area contributed by atoms with Crippen molar-refractivity contribution >= 4 is 5.97 Å². The van der Waals surface area contributed by atoms with Crippen LogP contribution in [0.4, 0.5) is 0 Å². The van der Waals surface area contributed by atoms with Gasteiger partial charge in [0, 0.05) is 19.6 Å². The van der Waals surface area contributed by atoms with E-state index in [-0.39, 0.29) is 5.92 Å². The Hall–Kier alpha value is -1.09. The van der Waals surface area contributed by atoms with E-state index in [1.807, 2.05) is 6.08 Å². The van der Waals surface area contributed by atoms with E-state index in [0.717, 1.165) is 31.3 Å². The molecule has 3 nitrogen and oxygen atoms in total. The van der Waals surface area contributed by atoms with Gasteiger partial charge in [-0.25, -0.2) is 0 Å². The molecule has 22 heavy (non-hydrogen) atoms. The van der Waals surface area contributed by atoms with E-state index in [9.17, 15) is 9.90 Å². The Bertz CT molecular complexity index is 434. The van der Waals surface area contributed by atoms with Crippen molar-refractivity contribution in [3.05, 3.63) is 23.3 Å². The quantitative estimate of drug-likeness (QED) is 0.663. The van der Waals surface area contributed by atoms with Gasteiger partial charge in [-0.15, -0.1) is 0 Å². The number of rotatable bonds is 9. The fraction of sp³-hybridized carbons (Fsp3) is 0.737. The molecule has 0 amide bonds. The summed E-state index contributed by atoms with van der Waals surface area (Å²) in [7, 11) is 1.68. The largest absolute Gasteiger partial charge is 0.481 e. The van der Waals surface area contributed by atoms with E-state index in [1.54, 1.807) is 7.11 Å². The summed E-state index contributed by atoms with van der Waals surface area (Å²) in [6.45, 7) is 9.14. The van der Waals surface area contributed by atoms with Gasteiger partial charge in [-0.2, -0.15) is 0 Å². The summed E-state index contributed by atoms with van der Waals surface area (Å²) in [6, 6.07) is 0. The molecule has 0 aliphatic heterocycles. The third kappa shape index (κ3) is 4.22. The SMILES string of the molecule is CCC1=CC(CCC(C)C)(C(=O)O)C(CCOC)C(CC)=C1. The minimum atomic E-state index is -0.770. The molecule has 1 rings (SSSR count). The minimum Gasteiger partial charge on any atom is -0.481 e. The van der Waals surface area contributed by atoms with Gasteiger partial charge in [0.1, 0.15) is 0 Å². The van der Waals surface area contributed by atoms with Crippen LogP contribution in [0.1, 0.15) is 59.8 Å². The Balaban J connectivity index is 3.26. The molecule has 0 spiro atoms. The molecule has 3 heteroatoms. The van der Waals surface area contributed by atoms with Crippen LogP contribution in [0, 0.1) is 17.3 Å². The predicted octanol–water partition coefficient (Wildman–Crippen LogP) is 4.83. The zero-order valence-electron chi connectivity index (χ0n) is 14.8. The minimum absolute atomic E-state index is 0.0454. The predicted molar refractivity (Wildman–Crippen MR) is 90.9 cm³/mol. The molecule has 0 aromatic heterocycles. The maximum Gasteiger partial charge on any atom is 0.314 e. The summed E-state index contributed by atoms with van der Waals surface area (Å²) in [5.74, 6) is -0.128. The normalized spacial score (nSPS) is 25.1. The number of hydrogen-bond donors (Lipinski definition) is 1. The van der Waals surface area contributed by atoms with Gasteiger partial charge in [0.15, 0.2) is 0 Å². The van der Waals surface area contributed by atoms with Gasteiger partial charge in [-0.05, 0) is 38.0 Å². The number of methoxy groups -OCH3 is 1.